The van der Waals surface area contributed by atoms with Crippen LogP contribution in [0.25, 0.3) is 11.3 Å². The summed E-state index contributed by atoms with van der Waals surface area (Å²) in [6.45, 7) is 4.39. The molecular weight excluding hydrogens is 282 g/mol. The van der Waals surface area contributed by atoms with E-state index in [-0.39, 0.29) is 0 Å². The summed E-state index contributed by atoms with van der Waals surface area (Å²) in [5.74, 6) is 1.38. The molecular formula is C15H17N5S. The van der Waals surface area contributed by atoms with E-state index in [1.54, 1.807) is 17.5 Å². The second-order valence-corrected chi connectivity index (χ2v) is 6.10. The van der Waals surface area contributed by atoms with E-state index in [2.05, 4.69) is 39.3 Å². The van der Waals surface area contributed by atoms with Crippen molar-refractivity contribution in [3.05, 3.63) is 41.7 Å². The third-order valence-electron chi connectivity index (χ3n) is 3.01. The number of hydrogen-bond donors (Lipinski definition) is 2. The van der Waals surface area contributed by atoms with Crippen LogP contribution in [0.4, 0.5) is 10.9 Å². The molecule has 21 heavy (non-hydrogen) atoms. The normalized spacial score (nSPS) is 11.0. The Morgan fingerprint density at radius 2 is 2.24 bits per heavy atom. The number of aromatic nitrogens is 4. The third-order valence-corrected chi connectivity index (χ3v) is 3.77. The lowest BCUT2D eigenvalue weighted by Crippen LogP contribution is -1.96. The number of aromatic amines is 1. The third kappa shape index (κ3) is 3.28. The van der Waals surface area contributed by atoms with Crippen molar-refractivity contribution in [2.75, 3.05) is 5.32 Å². The fraction of sp³-hybridized carbons (Fsp3) is 0.267. The lowest BCUT2D eigenvalue weighted by Gasteiger charge is -2.03. The molecule has 0 aromatic carbocycles. The molecule has 0 amide bonds. The summed E-state index contributed by atoms with van der Waals surface area (Å²) in [4.78, 5) is 8.86. The van der Waals surface area contributed by atoms with E-state index >= 15 is 0 Å². The minimum absolute atomic E-state index is 0.578. The van der Waals surface area contributed by atoms with Gasteiger partial charge in [0.1, 0.15) is 5.82 Å². The van der Waals surface area contributed by atoms with Crippen LogP contribution in [0.15, 0.2) is 36.0 Å². The molecule has 0 saturated heterocycles. The maximum absolute atomic E-state index is 4.62. The molecule has 108 valence electrons. The molecule has 5 nitrogen and oxygen atoms in total. The number of rotatable bonds is 5. The first kappa shape index (κ1) is 13.8. The van der Waals surface area contributed by atoms with Crippen LogP contribution in [-0.2, 0) is 6.42 Å². The van der Waals surface area contributed by atoms with Crippen LogP contribution in [0.5, 0.6) is 0 Å². The highest BCUT2D eigenvalue weighted by atomic mass is 32.1. The standard InChI is InChI=1S/C15H17N5S/c1-10(2)7-12-11(8-17-20-12)13-9-21-15(18-13)19-14-5-3-4-6-16-14/h3-6,8-10H,7H2,1-2H3,(H,17,20)(H,16,18,19). The maximum Gasteiger partial charge on any atom is 0.188 e. The topological polar surface area (TPSA) is 66.5 Å². The first-order chi connectivity index (χ1) is 10.2. The van der Waals surface area contributed by atoms with E-state index in [9.17, 15) is 0 Å². The Balaban J connectivity index is 1.80. The van der Waals surface area contributed by atoms with Gasteiger partial charge in [0.15, 0.2) is 5.13 Å². The van der Waals surface area contributed by atoms with Gasteiger partial charge in [0, 0.05) is 22.8 Å². The van der Waals surface area contributed by atoms with Gasteiger partial charge in [-0.25, -0.2) is 9.97 Å². The Morgan fingerprint density at radius 1 is 1.33 bits per heavy atom. The molecule has 0 spiro atoms. The van der Waals surface area contributed by atoms with Crippen molar-refractivity contribution in [2.45, 2.75) is 20.3 Å². The predicted octanol–water partition coefficient (Wildman–Crippen LogP) is 3.87. The zero-order chi connectivity index (χ0) is 14.7. The van der Waals surface area contributed by atoms with E-state index in [4.69, 9.17) is 0 Å². The van der Waals surface area contributed by atoms with Crippen LogP contribution in [0, 0.1) is 5.92 Å². The zero-order valence-corrected chi connectivity index (χ0v) is 12.8. The molecule has 3 aromatic rings. The Labute approximate surface area is 127 Å². The van der Waals surface area contributed by atoms with Gasteiger partial charge in [0.2, 0.25) is 0 Å². The smallest absolute Gasteiger partial charge is 0.188 e. The molecule has 3 heterocycles. The summed E-state index contributed by atoms with van der Waals surface area (Å²) in [6, 6.07) is 5.76. The zero-order valence-electron chi connectivity index (χ0n) is 12.0. The van der Waals surface area contributed by atoms with Crippen LogP contribution in [0.1, 0.15) is 19.5 Å². The van der Waals surface area contributed by atoms with Crippen molar-refractivity contribution in [2.24, 2.45) is 5.92 Å². The number of nitrogens with one attached hydrogen (secondary N) is 2. The molecule has 0 aliphatic carbocycles. The summed E-state index contributed by atoms with van der Waals surface area (Å²) in [5.41, 5.74) is 3.16. The molecule has 0 fully saturated rings. The first-order valence-corrected chi connectivity index (χ1v) is 7.76. The van der Waals surface area contributed by atoms with Crippen LogP contribution in [-0.4, -0.2) is 20.2 Å². The predicted molar refractivity (Wildman–Crippen MR) is 85.8 cm³/mol. The second kappa shape index (κ2) is 6.05. The van der Waals surface area contributed by atoms with Crippen molar-refractivity contribution >= 4 is 22.3 Å². The fourth-order valence-electron chi connectivity index (χ4n) is 2.10. The monoisotopic (exact) mass is 299 g/mol. The van der Waals surface area contributed by atoms with Gasteiger partial charge in [0.05, 0.1) is 11.9 Å². The largest absolute Gasteiger partial charge is 0.316 e. The highest BCUT2D eigenvalue weighted by Gasteiger charge is 2.12. The molecule has 6 heteroatoms. The Kier molecular flexibility index (Phi) is 3.96. The first-order valence-electron chi connectivity index (χ1n) is 6.88. The Bertz CT molecular complexity index is 702. The van der Waals surface area contributed by atoms with Crippen LogP contribution in [0.2, 0.25) is 0 Å². The van der Waals surface area contributed by atoms with Gasteiger partial charge in [-0.05, 0) is 24.5 Å². The van der Waals surface area contributed by atoms with Gasteiger partial charge in [-0.15, -0.1) is 11.3 Å². The second-order valence-electron chi connectivity index (χ2n) is 5.24. The van der Waals surface area contributed by atoms with Crippen molar-refractivity contribution in [1.29, 1.82) is 0 Å². The molecule has 0 unspecified atom stereocenters. The summed E-state index contributed by atoms with van der Waals surface area (Å²) in [5, 5.41) is 13.3. The van der Waals surface area contributed by atoms with Gasteiger partial charge < -0.3 is 5.32 Å². The molecule has 0 aliphatic rings. The molecule has 0 bridgehead atoms. The molecule has 2 N–H and O–H groups in total. The number of hydrogen-bond acceptors (Lipinski definition) is 5. The summed E-state index contributed by atoms with van der Waals surface area (Å²) < 4.78 is 0. The summed E-state index contributed by atoms with van der Waals surface area (Å²) in [6.07, 6.45) is 4.57. The van der Waals surface area contributed by atoms with Gasteiger partial charge in [0.25, 0.3) is 0 Å². The van der Waals surface area contributed by atoms with Gasteiger partial charge in [-0.3, -0.25) is 5.10 Å². The molecule has 0 atom stereocenters. The van der Waals surface area contributed by atoms with E-state index in [1.807, 2.05) is 29.8 Å². The fourth-order valence-corrected chi connectivity index (χ4v) is 2.82. The SMILES string of the molecule is CC(C)Cc1[nH]ncc1-c1csc(Nc2ccccn2)n1. The highest BCUT2D eigenvalue weighted by molar-refractivity contribution is 7.14. The van der Waals surface area contributed by atoms with E-state index < -0.39 is 0 Å². The number of H-pyrrole nitrogens is 1. The summed E-state index contributed by atoms with van der Waals surface area (Å²) >= 11 is 1.57. The number of anilines is 2. The number of thiazole rings is 1. The van der Waals surface area contributed by atoms with Gasteiger partial charge in [-0.2, -0.15) is 5.10 Å². The number of nitrogens with zero attached hydrogens (tertiary/aromatic N) is 3. The average Bonchev–Trinajstić information content (AvgIpc) is 3.08. The van der Waals surface area contributed by atoms with E-state index in [1.165, 1.54) is 0 Å². The molecule has 0 aliphatic heterocycles. The lowest BCUT2D eigenvalue weighted by atomic mass is 10.0. The van der Waals surface area contributed by atoms with Crippen molar-refractivity contribution in [3.8, 4) is 11.3 Å². The van der Waals surface area contributed by atoms with Crippen molar-refractivity contribution < 1.29 is 0 Å². The van der Waals surface area contributed by atoms with E-state index in [0.717, 1.165) is 34.3 Å². The summed E-state index contributed by atoms with van der Waals surface area (Å²) in [7, 11) is 0. The average molecular weight is 299 g/mol. The van der Waals surface area contributed by atoms with E-state index in [0.29, 0.717) is 5.92 Å². The number of pyridine rings is 1. The molecule has 0 saturated carbocycles. The maximum atomic E-state index is 4.62. The molecule has 3 aromatic heterocycles. The molecule has 3 rings (SSSR count). The van der Waals surface area contributed by atoms with Gasteiger partial charge >= 0.3 is 0 Å². The van der Waals surface area contributed by atoms with Gasteiger partial charge in [-0.1, -0.05) is 19.9 Å². The highest BCUT2D eigenvalue weighted by Crippen LogP contribution is 2.28. The van der Waals surface area contributed by atoms with Crippen LogP contribution >= 0.6 is 11.3 Å². The van der Waals surface area contributed by atoms with Crippen molar-refractivity contribution in [3.63, 3.8) is 0 Å². The Morgan fingerprint density at radius 3 is 3.00 bits per heavy atom. The quantitative estimate of drug-likeness (QED) is 0.750. The minimum atomic E-state index is 0.578. The van der Waals surface area contributed by atoms with Crippen LogP contribution < -0.4 is 5.32 Å². The lowest BCUT2D eigenvalue weighted by molar-refractivity contribution is 0.634. The van der Waals surface area contributed by atoms with Crippen LogP contribution in [0.3, 0.4) is 0 Å². The minimum Gasteiger partial charge on any atom is -0.316 e. The molecule has 0 radical (unpaired) electrons. The Hall–Kier alpha value is -2.21. The van der Waals surface area contributed by atoms with Crippen molar-refractivity contribution in [1.82, 2.24) is 20.2 Å².